The highest BCUT2D eigenvalue weighted by Gasteiger charge is 2.22. The lowest BCUT2D eigenvalue weighted by atomic mass is 9.85. The van der Waals surface area contributed by atoms with Crippen LogP contribution in [0.3, 0.4) is 0 Å². The Morgan fingerprint density at radius 1 is 1.17 bits per heavy atom. The van der Waals surface area contributed by atoms with Crippen molar-refractivity contribution < 1.29 is 0 Å². The molecule has 0 saturated carbocycles. The SMILES string of the molecule is CC(C)(C#N)CCCCN1CCCC(C)(C)CC1. The van der Waals surface area contributed by atoms with Gasteiger partial charge in [0, 0.05) is 0 Å². The van der Waals surface area contributed by atoms with Gasteiger partial charge in [0.05, 0.1) is 11.5 Å². The van der Waals surface area contributed by atoms with E-state index in [4.69, 9.17) is 5.26 Å². The van der Waals surface area contributed by atoms with Crippen LogP contribution in [0.1, 0.15) is 66.2 Å². The predicted molar refractivity (Wildman–Crippen MR) is 77.3 cm³/mol. The number of nitriles is 1. The van der Waals surface area contributed by atoms with Gasteiger partial charge in [0.1, 0.15) is 0 Å². The summed E-state index contributed by atoms with van der Waals surface area (Å²) in [6, 6.07) is 2.39. The molecule has 0 N–H and O–H groups in total. The maximum Gasteiger partial charge on any atom is 0.0683 e. The van der Waals surface area contributed by atoms with Gasteiger partial charge in [0.15, 0.2) is 0 Å². The smallest absolute Gasteiger partial charge is 0.0683 e. The van der Waals surface area contributed by atoms with Crippen molar-refractivity contribution in [3.8, 4) is 6.07 Å². The van der Waals surface area contributed by atoms with E-state index in [2.05, 4.69) is 24.8 Å². The minimum absolute atomic E-state index is 0.138. The molecule has 0 bridgehead atoms. The molecule has 1 fully saturated rings. The fourth-order valence-corrected chi connectivity index (χ4v) is 2.66. The van der Waals surface area contributed by atoms with Crippen LogP contribution in [0.2, 0.25) is 0 Å². The summed E-state index contributed by atoms with van der Waals surface area (Å²) >= 11 is 0. The fraction of sp³-hybridized carbons (Fsp3) is 0.938. The molecule has 0 amide bonds. The Hall–Kier alpha value is -0.550. The Labute approximate surface area is 113 Å². The standard InChI is InChI=1S/C16H30N2/c1-15(2)9-7-12-18(13-10-15)11-6-5-8-16(3,4)14-17/h5-13H2,1-4H3. The van der Waals surface area contributed by atoms with Crippen LogP contribution in [0.25, 0.3) is 0 Å². The number of hydrogen-bond donors (Lipinski definition) is 0. The maximum absolute atomic E-state index is 8.98. The van der Waals surface area contributed by atoms with E-state index >= 15 is 0 Å². The van der Waals surface area contributed by atoms with Gasteiger partial charge in [-0.05, 0) is 71.0 Å². The van der Waals surface area contributed by atoms with Crippen LogP contribution in [0.15, 0.2) is 0 Å². The van der Waals surface area contributed by atoms with Crippen molar-refractivity contribution >= 4 is 0 Å². The number of rotatable bonds is 5. The van der Waals surface area contributed by atoms with Gasteiger partial charge in [-0.1, -0.05) is 20.3 Å². The summed E-state index contributed by atoms with van der Waals surface area (Å²) in [7, 11) is 0. The van der Waals surface area contributed by atoms with Gasteiger partial charge in [-0.25, -0.2) is 0 Å². The lowest BCUT2D eigenvalue weighted by Crippen LogP contribution is -2.26. The second-order valence-corrected chi connectivity index (χ2v) is 7.31. The highest BCUT2D eigenvalue weighted by molar-refractivity contribution is 4.91. The second-order valence-electron chi connectivity index (χ2n) is 7.31. The molecule has 0 atom stereocenters. The van der Waals surface area contributed by atoms with E-state index in [9.17, 15) is 0 Å². The average Bonchev–Trinajstić information content (AvgIpc) is 2.46. The Morgan fingerprint density at radius 2 is 1.89 bits per heavy atom. The zero-order chi connectivity index (χ0) is 13.6. The van der Waals surface area contributed by atoms with Gasteiger partial charge in [-0.2, -0.15) is 5.26 Å². The minimum atomic E-state index is -0.138. The predicted octanol–water partition coefficient (Wildman–Crippen LogP) is 4.22. The Bertz CT molecular complexity index is 286. The first kappa shape index (κ1) is 15.5. The summed E-state index contributed by atoms with van der Waals surface area (Å²) < 4.78 is 0. The van der Waals surface area contributed by atoms with Gasteiger partial charge in [-0.3, -0.25) is 0 Å². The van der Waals surface area contributed by atoms with E-state index < -0.39 is 0 Å². The topological polar surface area (TPSA) is 27.0 Å². The normalized spacial score (nSPS) is 21.3. The first-order chi connectivity index (χ1) is 8.35. The number of nitrogens with zero attached hydrogens (tertiary/aromatic N) is 2. The molecule has 104 valence electrons. The lowest BCUT2D eigenvalue weighted by molar-refractivity contribution is 0.254. The number of likely N-dealkylation sites (tertiary alicyclic amines) is 1. The molecule has 1 aliphatic heterocycles. The number of unbranched alkanes of at least 4 members (excludes halogenated alkanes) is 1. The van der Waals surface area contributed by atoms with Gasteiger partial charge in [0.2, 0.25) is 0 Å². The van der Waals surface area contributed by atoms with Gasteiger partial charge in [0.25, 0.3) is 0 Å². The van der Waals surface area contributed by atoms with Crippen LogP contribution in [0.5, 0.6) is 0 Å². The monoisotopic (exact) mass is 250 g/mol. The molecular weight excluding hydrogens is 220 g/mol. The zero-order valence-electron chi connectivity index (χ0n) is 12.8. The molecule has 0 aliphatic carbocycles. The fourth-order valence-electron chi connectivity index (χ4n) is 2.66. The molecule has 1 saturated heterocycles. The molecule has 18 heavy (non-hydrogen) atoms. The van der Waals surface area contributed by atoms with Crippen LogP contribution in [-0.4, -0.2) is 24.5 Å². The van der Waals surface area contributed by atoms with E-state index in [1.807, 2.05) is 13.8 Å². The molecule has 2 nitrogen and oxygen atoms in total. The van der Waals surface area contributed by atoms with E-state index in [0.29, 0.717) is 5.41 Å². The molecule has 0 aromatic carbocycles. The first-order valence-electron chi connectivity index (χ1n) is 7.48. The van der Waals surface area contributed by atoms with Crippen LogP contribution in [0, 0.1) is 22.2 Å². The molecule has 1 aliphatic rings. The number of hydrogen-bond acceptors (Lipinski definition) is 2. The molecule has 0 unspecified atom stereocenters. The van der Waals surface area contributed by atoms with Crippen molar-refractivity contribution in [2.24, 2.45) is 10.8 Å². The van der Waals surface area contributed by atoms with Crippen LogP contribution in [-0.2, 0) is 0 Å². The van der Waals surface area contributed by atoms with Crippen molar-refractivity contribution in [2.75, 3.05) is 19.6 Å². The van der Waals surface area contributed by atoms with Crippen LogP contribution < -0.4 is 0 Å². The molecule has 0 spiro atoms. The van der Waals surface area contributed by atoms with Crippen LogP contribution in [0.4, 0.5) is 0 Å². The molecule has 1 heterocycles. The van der Waals surface area contributed by atoms with E-state index in [-0.39, 0.29) is 5.41 Å². The Kier molecular flexibility index (Phi) is 5.66. The van der Waals surface area contributed by atoms with Crippen LogP contribution >= 0.6 is 0 Å². The summed E-state index contributed by atoms with van der Waals surface area (Å²) in [5, 5.41) is 8.98. The van der Waals surface area contributed by atoms with E-state index in [1.165, 1.54) is 51.7 Å². The second kappa shape index (κ2) is 6.57. The van der Waals surface area contributed by atoms with Crippen molar-refractivity contribution in [3.63, 3.8) is 0 Å². The van der Waals surface area contributed by atoms with Gasteiger partial charge < -0.3 is 4.90 Å². The van der Waals surface area contributed by atoms with Gasteiger partial charge >= 0.3 is 0 Å². The Balaban J connectivity index is 2.19. The highest BCUT2D eigenvalue weighted by Crippen LogP contribution is 2.30. The van der Waals surface area contributed by atoms with E-state index in [0.717, 1.165) is 6.42 Å². The summed E-state index contributed by atoms with van der Waals surface area (Å²) in [5.74, 6) is 0. The quantitative estimate of drug-likeness (QED) is 0.683. The first-order valence-corrected chi connectivity index (χ1v) is 7.48. The van der Waals surface area contributed by atoms with Gasteiger partial charge in [-0.15, -0.1) is 0 Å². The molecular formula is C16H30N2. The van der Waals surface area contributed by atoms with Crippen molar-refractivity contribution in [3.05, 3.63) is 0 Å². The third-order valence-corrected chi connectivity index (χ3v) is 4.26. The Morgan fingerprint density at radius 3 is 2.56 bits per heavy atom. The summed E-state index contributed by atoms with van der Waals surface area (Å²) in [5.41, 5.74) is 0.401. The molecule has 2 heteroatoms. The van der Waals surface area contributed by atoms with Crippen molar-refractivity contribution in [1.82, 2.24) is 4.90 Å². The molecule has 1 rings (SSSR count). The van der Waals surface area contributed by atoms with Crippen molar-refractivity contribution in [1.29, 1.82) is 5.26 Å². The minimum Gasteiger partial charge on any atom is -0.303 e. The summed E-state index contributed by atoms with van der Waals surface area (Å²) in [4.78, 5) is 2.62. The summed E-state index contributed by atoms with van der Waals surface area (Å²) in [6.07, 6.45) is 7.49. The highest BCUT2D eigenvalue weighted by atomic mass is 15.1. The largest absolute Gasteiger partial charge is 0.303 e. The lowest BCUT2D eigenvalue weighted by Gasteiger charge is -2.23. The third-order valence-electron chi connectivity index (χ3n) is 4.26. The molecule has 0 radical (unpaired) electrons. The zero-order valence-corrected chi connectivity index (χ0v) is 12.8. The average molecular weight is 250 g/mol. The maximum atomic E-state index is 8.98. The van der Waals surface area contributed by atoms with Crippen molar-refractivity contribution in [2.45, 2.75) is 66.2 Å². The molecule has 0 aromatic rings. The van der Waals surface area contributed by atoms with E-state index in [1.54, 1.807) is 0 Å². The summed E-state index contributed by atoms with van der Waals surface area (Å²) in [6.45, 7) is 12.6. The molecule has 0 aromatic heterocycles. The third kappa shape index (κ3) is 5.87.